The number of hydrogen-bond donors (Lipinski definition) is 1. The van der Waals surface area contributed by atoms with E-state index < -0.39 is 0 Å². The minimum Gasteiger partial charge on any atom is -0.467 e. The molecule has 1 atom stereocenters. The molecule has 1 unspecified atom stereocenters. The molecule has 0 aliphatic carbocycles. The first kappa shape index (κ1) is 10.4. The quantitative estimate of drug-likeness (QED) is 0.520. The van der Waals surface area contributed by atoms with Crippen molar-refractivity contribution >= 4 is 17.4 Å². The van der Waals surface area contributed by atoms with Gasteiger partial charge in [0.25, 0.3) is 5.17 Å². The maximum absolute atomic E-state index is 5.24. The summed E-state index contributed by atoms with van der Waals surface area (Å²) in [7, 11) is 0. The monoisotopic (exact) mass is 173 g/mol. The lowest BCUT2D eigenvalue weighted by Crippen LogP contribution is -2.26. The summed E-state index contributed by atoms with van der Waals surface area (Å²) in [6, 6.07) is 0. The molecule has 2 nitrogen and oxygen atoms in total. The van der Waals surface area contributed by atoms with Crippen LogP contribution in [-0.4, -0.2) is 11.3 Å². The van der Waals surface area contributed by atoms with Crippen molar-refractivity contribution in [3.63, 3.8) is 0 Å². The molecule has 0 spiro atoms. The Hall–Kier alpha value is -0.570. The second kappa shape index (κ2) is 5.13. The molecule has 0 aliphatic rings. The van der Waals surface area contributed by atoms with E-state index in [0.717, 1.165) is 6.42 Å². The molecule has 2 N–H and O–H groups in total. The highest BCUT2D eigenvalue weighted by atomic mass is 32.1. The third-order valence-electron chi connectivity index (χ3n) is 1.41. The molecule has 0 heterocycles. The van der Waals surface area contributed by atoms with Crippen molar-refractivity contribution in [2.75, 3.05) is 0 Å². The Morgan fingerprint density at radius 3 is 2.55 bits per heavy atom. The van der Waals surface area contributed by atoms with Gasteiger partial charge in [0.1, 0.15) is 6.10 Å². The van der Waals surface area contributed by atoms with E-state index in [1.54, 1.807) is 0 Å². The zero-order valence-electron chi connectivity index (χ0n) is 7.04. The van der Waals surface area contributed by atoms with Crippen LogP contribution in [-0.2, 0) is 4.74 Å². The highest BCUT2D eigenvalue weighted by molar-refractivity contribution is 7.80. The predicted octanol–water partition coefficient (Wildman–Crippen LogP) is 1.85. The lowest BCUT2D eigenvalue weighted by Gasteiger charge is -2.19. The van der Waals surface area contributed by atoms with Gasteiger partial charge in [-0.25, -0.2) is 0 Å². The average molecular weight is 173 g/mol. The smallest absolute Gasteiger partial charge is 0.254 e. The van der Waals surface area contributed by atoms with E-state index in [2.05, 4.69) is 32.6 Å². The number of nitrogens with two attached hydrogens (primary N) is 1. The van der Waals surface area contributed by atoms with E-state index in [0.29, 0.717) is 5.92 Å². The van der Waals surface area contributed by atoms with Crippen LogP contribution < -0.4 is 5.73 Å². The molecule has 0 saturated carbocycles. The first-order chi connectivity index (χ1) is 5.07. The summed E-state index contributed by atoms with van der Waals surface area (Å²) >= 11 is 4.63. The lowest BCUT2D eigenvalue weighted by molar-refractivity contribution is 0.144. The Morgan fingerprint density at radius 2 is 2.27 bits per heavy atom. The second-order valence-electron chi connectivity index (χ2n) is 2.74. The van der Waals surface area contributed by atoms with Crippen LogP contribution in [0.15, 0.2) is 12.7 Å². The van der Waals surface area contributed by atoms with Crippen molar-refractivity contribution < 1.29 is 4.74 Å². The highest BCUT2D eigenvalue weighted by Crippen LogP contribution is 2.10. The van der Waals surface area contributed by atoms with Gasteiger partial charge in [0, 0.05) is 6.42 Å². The molecule has 3 heteroatoms. The zero-order valence-corrected chi connectivity index (χ0v) is 7.86. The summed E-state index contributed by atoms with van der Waals surface area (Å²) in [5.74, 6) is 0.412. The van der Waals surface area contributed by atoms with Gasteiger partial charge in [0.15, 0.2) is 0 Å². The molecular formula is C8H15NOS. The third-order valence-corrected chi connectivity index (χ3v) is 1.51. The van der Waals surface area contributed by atoms with Crippen LogP contribution in [0.5, 0.6) is 0 Å². The largest absolute Gasteiger partial charge is 0.467 e. The van der Waals surface area contributed by atoms with Crippen LogP contribution in [0, 0.1) is 5.92 Å². The maximum atomic E-state index is 5.24. The van der Waals surface area contributed by atoms with Crippen LogP contribution in [0.25, 0.3) is 0 Å². The van der Waals surface area contributed by atoms with Gasteiger partial charge in [-0.3, -0.25) is 0 Å². The molecule has 0 bridgehead atoms. The Bertz CT molecular complexity index is 145. The molecule has 64 valence electrons. The molecule has 0 radical (unpaired) electrons. The normalized spacial score (nSPS) is 12.6. The standard InChI is InChI=1S/C8H15NOS/c1-4-5-7(6(2)3)10-8(9)11/h4,6-7H,1,5H2,2-3H3,(H2,9,11). The summed E-state index contributed by atoms with van der Waals surface area (Å²) in [4.78, 5) is 0. The van der Waals surface area contributed by atoms with Gasteiger partial charge in [-0.2, -0.15) is 0 Å². The average Bonchev–Trinajstić information content (AvgIpc) is 1.86. The number of hydrogen-bond acceptors (Lipinski definition) is 2. The summed E-state index contributed by atoms with van der Waals surface area (Å²) in [6.07, 6.45) is 2.67. The van der Waals surface area contributed by atoms with Crippen molar-refractivity contribution in [1.29, 1.82) is 0 Å². The molecule has 0 saturated heterocycles. The van der Waals surface area contributed by atoms with Gasteiger partial charge in [-0.05, 0) is 18.1 Å². The molecule has 11 heavy (non-hydrogen) atoms. The summed E-state index contributed by atoms with van der Waals surface area (Å²) < 4.78 is 5.19. The lowest BCUT2D eigenvalue weighted by atomic mass is 10.0. The Balaban J connectivity index is 3.88. The fourth-order valence-corrected chi connectivity index (χ4v) is 0.893. The molecule has 0 fully saturated rings. The molecule has 0 rings (SSSR count). The van der Waals surface area contributed by atoms with Crippen molar-refractivity contribution in [2.24, 2.45) is 11.7 Å². The first-order valence-electron chi connectivity index (χ1n) is 3.65. The summed E-state index contributed by atoms with van der Waals surface area (Å²) in [5.41, 5.74) is 5.24. The number of ether oxygens (including phenoxy) is 1. The number of rotatable bonds is 4. The van der Waals surface area contributed by atoms with Crippen LogP contribution in [0.2, 0.25) is 0 Å². The number of thiocarbonyl (C=S) groups is 1. The predicted molar refractivity (Wildman–Crippen MR) is 51.3 cm³/mol. The van der Waals surface area contributed by atoms with E-state index in [9.17, 15) is 0 Å². The Morgan fingerprint density at radius 1 is 1.73 bits per heavy atom. The maximum Gasteiger partial charge on any atom is 0.254 e. The minimum atomic E-state index is 0.0741. The highest BCUT2D eigenvalue weighted by Gasteiger charge is 2.12. The Labute approximate surface area is 73.4 Å². The summed E-state index contributed by atoms with van der Waals surface area (Å²) in [6.45, 7) is 7.75. The fraction of sp³-hybridized carbons (Fsp3) is 0.625. The van der Waals surface area contributed by atoms with Gasteiger partial charge in [-0.1, -0.05) is 19.9 Å². The van der Waals surface area contributed by atoms with Gasteiger partial charge < -0.3 is 10.5 Å². The van der Waals surface area contributed by atoms with Crippen LogP contribution in [0.1, 0.15) is 20.3 Å². The molecule has 0 aromatic heterocycles. The van der Waals surface area contributed by atoms with Crippen molar-refractivity contribution in [3.05, 3.63) is 12.7 Å². The van der Waals surface area contributed by atoms with Gasteiger partial charge >= 0.3 is 0 Å². The van der Waals surface area contributed by atoms with Crippen molar-refractivity contribution in [1.82, 2.24) is 0 Å². The zero-order chi connectivity index (χ0) is 8.85. The molecule has 0 aromatic rings. The minimum absolute atomic E-state index is 0.0741. The van der Waals surface area contributed by atoms with E-state index in [4.69, 9.17) is 10.5 Å². The second-order valence-corrected chi connectivity index (χ2v) is 3.15. The third kappa shape index (κ3) is 4.79. The Kier molecular flexibility index (Phi) is 4.86. The van der Waals surface area contributed by atoms with E-state index in [1.807, 2.05) is 6.08 Å². The van der Waals surface area contributed by atoms with E-state index in [-0.39, 0.29) is 11.3 Å². The summed E-state index contributed by atoms with van der Waals surface area (Å²) in [5, 5.41) is 0.116. The van der Waals surface area contributed by atoms with Gasteiger partial charge in [0.2, 0.25) is 0 Å². The fourth-order valence-electron chi connectivity index (χ4n) is 0.770. The van der Waals surface area contributed by atoms with Crippen LogP contribution in [0.3, 0.4) is 0 Å². The van der Waals surface area contributed by atoms with Gasteiger partial charge in [-0.15, -0.1) is 6.58 Å². The molecular weight excluding hydrogens is 158 g/mol. The molecule has 0 aliphatic heterocycles. The van der Waals surface area contributed by atoms with Gasteiger partial charge in [0.05, 0.1) is 0 Å². The van der Waals surface area contributed by atoms with E-state index in [1.165, 1.54) is 0 Å². The van der Waals surface area contributed by atoms with Crippen molar-refractivity contribution in [2.45, 2.75) is 26.4 Å². The van der Waals surface area contributed by atoms with Crippen LogP contribution >= 0.6 is 12.2 Å². The molecule has 0 aromatic carbocycles. The molecule has 0 amide bonds. The SMILES string of the molecule is C=CCC(OC(N)=S)C(C)C. The van der Waals surface area contributed by atoms with Crippen molar-refractivity contribution in [3.8, 4) is 0 Å². The van der Waals surface area contributed by atoms with Crippen LogP contribution in [0.4, 0.5) is 0 Å². The first-order valence-corrected chi connectivity index (χ1v) is 4.05. The van der Waals surface area contributed by atoms with E-state index >= 15 is 0 Å². The topological polar surface area (TPSA) is 35.2 Å².